The number of hydrogen-bond donors (Lipinski definition) is 2. The Kier molecular flexibility index (Phi) is 4.61. The van der Waals surface area contributed by atoms with Gasteiger partial charge in [0.25, 0.3) is 0 Å². The minimum Gasteiger partial charge on any atom is -0.396 e. The average Bonchev–Trinajstić information content (AvgIpc) is 3.25. The Morgan fingerprint density at radius 2 is 2.21 bits per heavy atom. The van der Waals surface area contributed by atoms with Crippen molar-refractivity contribution in [1.82, 2.24) is 9.97 Å². The van der Waals surface area contributed by atoms with Gasteiger partial charge in [0.15, 0.2) is 0 Å². The zero-order chi connectivity index (χ0) is 16.5. The molecule has 2 aliphatic carbocycles. The highest BCUT2D eigenvalue weighted by Crippen LogP contribution is 2.49. The van der Waals surface area contributed by atoms with Crippen LogP contribution in [0.15, 0.2) is 12.4 Å². The van der Waals surface area contributed by atoms with Crippen LogP contribution >= 0.6 is 0 Å². The molecule has 4 rings (SSSR count). The maximum absolute atomic E-state index is 9.43. The lowest BCUT2D eigenvalue weighted by Gasteiger charge is -2.33. The molecule has 1 aromatic heterocycles. The van der Waals surface area contributed by atoms with Crippen molar-refractivity contribution in [3.05, 3.63) is 12.4 Å². The fourth-order valence-corrected chi connectivity index (χ4v) is 5.27. The Hall–Kier alpha value is -1.36. The van der Waals surface area contributed by atoms with Gasteiger partial charge in [0, 0.05) is 31.8 Å². The molecule has 0 amide bonds. The predicted octanol–water partition coefficient (Wildman–Crippen LogP) is 2.92. The van der Waals surface area contributed by atoms with Crippen molar-refractivity contribution in [2.45, 2.75) is 51.5 Å². The van der Waals surface area contributed by atoms with E-state index in [2.05, 4.69) is 33.2 Å². The summed E-state index contributed by atoms with van der Waals surface area (Å²) in [6.07, 6.45) is 9.63. The van der Waals surface area contributed by atoms with E-state index < -0.39 is 0 Å². The summed E-state index contributed by atoms with van der Waals surface area (Å²) < 4.78 is 0. The van der Waals surface area contributed by atoms with Gasteiger partial charge < -0.3 is 15.3 Å². The number of hydrogen-bond acceptors (Lipinski definition) is 5. The molecule has 2 saturated carbocycles. The Balaban J connectivity index is 1.41. The number of fused-ring (bicyclic) bond motifs is 2. The lowest BCUT2D eigenvalue weighted by Crippen LogP contribution is -2.37. The average molecular weight is 330 g/mol. The Bertz CT molecular complexity index is 566. The number of aromatic nitrogens is 2. The largest absolute Gasteiger partial charge is 0.396 e. The molecular weight excluding hydrogens is 300 g/mol. The third-order valence-electron chi connectivity index (χ3n) is 6.56. The van der Waals surface area contributed by atoms with Gasteiger partial charge in [-0.2, -0.15) is 0 Å². The maximum atomic E-state index is 9.43. The first kappa shape index (κ1) is 16.1. The molecule has 5 unspecified atom stereocenters. The number of nitrogens with one attached hydrogen (secondary N) is 1. The molecule has 3 fully saturated rings. The summed E-state index contributed by atoms with van der Waals surface area (Å²) in [5.74, 6) is 5.02. The van der Waals surface area contributed by atoms with E-state index in [9.17, 15) is 5.11 Å². The summed E-state index contributed by atoms with van der Waals surface area (Å²) in [6, 6.07) is 2.57. The number of rotatable bonds is 5. The summed E-state index contributed by atoms with van der Waals surface area (Å²) in [7, 11) is 0. The van der Waals surface area contributed by atoms with Gasteiger partial charge in [0.2, 0.25) is 0 Å². The van der Waals surface area contributed by atoms with Crippen molar-refractivity contribution in [2.24, 2.45) is 23.7 Å². The van der Waals surface area contributed by atoms with E-state index >= 15 is 0 Å². The number of aliphatic hydroxyl groups excluding tert-OH is 1. The molecule has 5 heteroatoms. The van der Waals surface area contributed by atoms with E-state index in [-0.39, 0.29) is 6.61 Å². The molecule has 0 spiro atoms. The van der Waals surface area contributed by atoms with E-state index in [4.69, 9.17) is 0 Å². The second-order valence-corrected chi connectivity index (χ2v) is 8.17. The van der Waals surface area contributed by atoms with Gasteiger partial charge >= 0.3 is 0 Å². The minimum absolute atomic E-state index is 0.272. The normalized spacial score (nSPS) is 33.7. The highest BCUT2D eigenvalue weighted by molar-refractivity contribution is 5.49. The van der Waals surface area contributed by atoms with E-state index in [0.29, 0.717) is 12.0 Å². The molecular formula is C19H30N4O. The van der Waals surface area contributed by atoms with Crippen molar-refractivity contribution in [3.8, 4) is 0 Å². The smallest absolute Gasteiger partial charge is 0.134 e. The topological polar surface area (TPSA) is 61.3 Å². The van der Waals surface area contributed by atoms with Crippen molar-refractivity contribution >= 4 is 11.6 Å². The van der Waals surface area contributed by atoms with E-state index in [1.807, 2.05) is 0 Å². The van der Waals surface area contributed by atoms with Gasteiger partial charge in [-0.3, -0.25) is 0 Å². The second-order valence-electron chi connectivity index (χ2n) is 8.17. The summed E-state index contributed by atoms with van der Waals surface area (Å²) in [5, 5.41) is 13.1. The van der Waals surface area contributed by atoms with Crippen molar-refractivity contribution in [2.75, 3.05) is 29.9 Å². The second kappa shape index (κ2) is 6.87. The molecule has 2 N–H and O–H groups in total. The molecule has 2 bridgehead atoms. The van der Waals surface area contributed by atoms with Crippen LogP contribution in [-0.2, 0) is 0 Å². The molecule has 24 heavy (non-hydrogen) atoms. The third kappa shape index (κ3) is 3.23. The fourth-order valence-electron chi connectivity index (χ4n) is 5.27. The Morgan fingerprint density at radius 3 is 2.96 bits per heavy atom. The molecule has 1 aliphatic heterocycles. The minimum atomic E-state index is 0.272. The van der Waals surface area contributed by atoms with Crippen molar-refractivity contribution in [1.29, 1.82) is 0 Å². The standard InChI is InChI=1S/C19H30N4O/c1-13(17-8-14-4-5-16(17)7-14)22-18-9-19(21-12-20-18)23-6-2-3-15(10-23)11-24/h9,12-17,24H,2-8,10-11H2,1H3,(H,20,21,22). The molecule has 0 radical (unpaired) electrons. The van der Waals surface area contributed by atoms with Gasteiger partial charge in [-0.05, 0) is 62.7 Å². The molecule has 1 aromatic rings. The van der Waals surface area contributed by atoms with Gasteiger partial charge in [-0.25, -0.2) is 9.97 Å². The number of aliphatic hydroxyl groups is 1. The first-order chi connectivity index (χ1) is 11.7. The van der Waals surface area contributed by atoms with Gasteiger partial charge in [-0.1, -0.05) is 6.42 Å². The lowest BCUT2D eigenvalue weighted by molar-refractivity contribution is 0.208. The van der Waals surface area contributed by atoms with Crippen LogP contribution in [0.2, 0.25) is 0 Å². The van der Waals surface area contributed by atoms with Gasteiger partial charge in [0.1, 0.15) is 18.0 Å². The van der Waals surface area contributed by atoms with Crippen LogP contribution in [0, 0.1) is 23.7 Å². The fraction of sp³-hybridized carbons (Fsp3) is 0.789. The zero-order valence-corrected chi connectivity index (χ0v) is 14.7. The zero-order valence-electron chi connectivity index (χ0n) is 14.7. The molecule has 2 heterocycles. The van der Waals surface area contributed by atoms with Crippen LogP contribution in [0.5, 0.6) is 0 Å². The van der Waals surface area contributed by atoms with Crippen LogP contribution in [0.25, 0.3) is 0 Å². The molecule has 3 aliphatic rings. The van der Waals surface area contributed by atoms with Crippen molar-refractivity contribution < 1.29 is 5.11 Å². The number of piperidine rings is 1. The van der Waals surface area contributed by atoms with Crippen LogP contribution in [-0.4, -0.2) is 40.8 Å². The summed E-state index contributed by atoms with van der Waals surface area (Å²) >= 11 is 0. The Labute approximate surface area is 144 Å². The number of anilines is 2. The summed E-state index contributed by atoms with van der Waals surface area (Å²) in [6.45, 7) is 4.51. The first-order valence-electron chi connectivity index (χ1n) is 9.67. The predicted molar refractivity (Wildman–Crippen MR) is 96.1 cm³/mol. The SMILES string of the molecule is CC(Nc1cc(N2CCCC(CO)C2)ncn1)C1CC2CCC1C2. The molecule has 1 saturated heterocycles. The number of nitrogens with zero attached hydrogens (tertiary/aromatic N) is 3. The molecule has 132 valence electrons. The van der Waals surface area contributed by atoms with Crippen LogP contribution < -0.4 is 10.2 Å². The van der Waals surface area contributed by atoms with Crippen LogP contribution in [0.3, 0.4) is 0 Å². The molecule has 5 nitrogen and oxygen atoms in total. The lowest BCUT2D eigenvalue weighted by atomic mass is 9.84. The summed E-state index contributed by atoms with van der Waals surface area (Å²) in [5.41, 5.74) is 0. The van der Waals surface area contributed by atoms with Crippen molar-refractivity contribution in [3.63, 3.8) is 0 Å². The van der Waals surface area contributed by atoms with E-state index in [1.165, 1.54) is 25.7 Å². The first-order valence-corrected chi connectivity index (χ1v) is 9.67. The third-order valence-corrected chi connectivity index (χ3v) is 6.56. The Morgan fingerprint density at radius 1 is 1.29 bits per heavy atom. The van der Waals surface area contributed by atoms with E-state index in [1.54, 1.807) is 6.33 Å². The highest BCUT2D eigenvalue weighted by atomic mass is 16.3. The molecule has 0 aromatic carbocycles. The molecule has 5 atom stereocenters. The van der Waals surface area contributed by atoms with E-state index in [0.717, 1.165) is 55.3 Å². The highest BCUT2D eigenvalue weighted by Gasteiger charge is 2.41. The summed E-state index contributed by atoms with van der Waals surface area (Å²) in [4.78, 5) is 11.2. The van der Waals surface area contributed by atoms with Crippen LogP contribution in [0.4, 0.5) is 11.6 Å². The quantitative estimate of drug-likeness (QED) is 0.869. The van der Waals surface area contributed by atoms with Gasteiger partial charge in [0.05, 0.1) is 0 Å². The maximum Gasteiger partial charge on any atom is 0.134 e. The monoisotopic (exact) mass is 330 g/mol. The van der Waals surface area contributed by atoms with Gasteiger partial charge in [-0.15, -0.1) is 0 Å². The van der Waals surface area contributed by atoms with Crippen LogP contribution in [0.1, 0.15) is 45.4 Å².